The van der Waals surface area contributed by atoms with E-state index in [9.17, 15) is 4.79 Å². The van der Waals surface area contributed by atoms with Crippen molar-refractivity contribution in [1.29, 1.82) is 5.26 Å². The number of likely N-dealkylation sites (tertiary alicyclic amines) is 1. The van der Waals surface area contributed by atoms with Crippen LogP contribution in [0.4, 0.5) is 0 Å². The van der Waals surface area contributed by atoms with Crippen molar-refractivity contribution < 1.29 is 4.79 Å². The molecule has 0 aromatic heterocycles. The summed E-state index contributed by atoms with van der Waals surface area (Å²) in [5.74, 6) is 0.284. The number of nitriles is 1. The van der Waals surface area contributed by atoms with E-state index < -0.39 is 0 Å². The molecule has 0 N–H and O–H groups in total. The van der Waals surface area contributed by atoms with Gasteiger partial charge in [0.1, 0.15) is 0 Å². The Hall–Kier alpha value is -1.12. The van der Waals surface area contributed by atoms with Crippen LogP contribution < -0.4 is 0 Å². The standard InChI is InChI=1S/C15H26N4O/c1-13(12-16)17-8-10-18(11-9-17)14(2)15(20)19-6-4-3-5-7-19/h13-14H,3-11H2,1-2H3. The Morgan fingerprint density at radius 3 is 2.05 bits per heavy atom. The summed E-state index contributed by atoms with van der Waals surface area (Å²) in [5, 5.41) is 8.95. The summed E-state index contributed by atoms with van der Waals surface area (Å²) in [6.45, 7) is 9.35. The highest BCUT2D eigenvalue weighted by Crippen LogP contribution is 2.14. The quantitative estimate of drug-likeness (QED) is 0.770. The molecule has 0 aliphatic carbocycles. The number of nitrogens with zero attached hydrogens (tertiary/aromatic N) is 4. The Morgan fingerprint density at radius 1 is 0.950 bits per heavy atom. The molecule has 0 bridgehead atoms. The van der Waals surface area contributed by atoms with E-state index in [4.69, 9.17) is 5.26 Å². The van der Waals surface area contributed by atoms with Gasteiger partial charge in [0, 0.05) is 39.3 Å². The van der Waals surface area contributed by atoms with E-state index in [0.717, 1.165) is 52.1 Å². The van der Waals surface area contributed by atoms with Crippen molar-refractivity contribution in [2.45, 2.75) is 45.2 Å². The zero-order valence-corrected chi connectivity index (χ0v) is 12.7. The van der Waals surface area contributed by atoms with Crippen LogP contribution in [-0.2, 0) is 4.79 Å². The van der Waals surface area contributed by atoms with Gasteiger partial charge in [0.25, 0.3) is 0 Å². The molecule has 2 aliphatic heterocycles. The minimum atomic E-state index is -0.0229. The van der Waals surface area contributed by atoms with Gasteiger partial charge in [-0.1, -0.05) is 0 Å². The Bertz CT molecular complexity index is 365. The molecule has 2 rings (SSSR count). The Kier molecular flexibility index (Phi) is 5.38. The largest absolute Gasteiger partial charge is 0.341 e. The van der Waals surface area contributed by atoms with Gasteiger partial charge in [0.05, 0.1) is 18.2 Å². The highest BCUT2D eigenvalue weighted by molar-refractivity contribution is 5.81. The number of piperidine rings is 1. The van der Waals surface area contributed by atoms with Gasteiger partial charge in [0.15, 0.2) is 0 Å². The molecular weight excluding hydrogens is 252 g/mol. The topological polar surface area (TPSA) is 50.6 Å². The average Bonchev–Trinajstić information content (AvgIpc) is 2.53. The fraction of sp³-hybridized carbons (Fsp3) is 0.867. The first-order chi connectivity index (χ1) is 9.63. The third-order valence-electron chi connectivity index (χ3n) is 4.66. The molecule has 20 heavy (non-hydrogen) atoms. The summed E-state index contributed by atoms with van der Waals surface area (Å²) >= 11 is 0. The van der Waals surface area contributed by atoms with Crippen molar-refractivity contribution in [3.8, 4) is 6.07 Å². The lowest BCUT2D eigenvalue weighted by atomic mass is 10.1. The van der Waals surface area contributed by atoms with E-state index in [1.807, 2.05) is 18.7 Å². The van der Waals surface area contributed by atoms with Gasteiger partial charge in [0.2, 0.25) is 5.91 Å². The Morgan fingerprint density at radius 2 is 1.50 bits per heavy atom. The smallest absolute Gasteiger partial charge is 0.239 e. The fourth-order valence-corrected chi connectivity index (χ4v) is 3.13. The molecule has 0 spiro atoms. The molecule has 0 aromatic rings. The van der Waals surface area contributed by atoms with E-state index in [2.05, 4.69) is 15.9 Å². The number of hydrogen-bond acceptors (Lipinski definition) is 4. The van der Waals surface area contributed by atoms with Crippen LogP contribution in [0.1, 0.15) is 33.1 Å². The van der Waals surface area contributed by atoms with Gasteiger partial charge < -0.3 is 4.90 Å². The van der Waals surface area contributed by atoms with Gasteiger partial charge >= 0.3 is 0 Å². The van der Waals surface area contributed by atoms with Crippen LogP contribution in [0.3, 0.4) is 0 Å². The number of rotatable bonds is 3. The lowest BCUT2D eigenvalue weighted by molar-refractivity contribution is -0.138. The predicted molar refractivity (Wildman–Crippen MR) is 78.1 cm³/mol. The summed E-state index contributed by atoms with van der Waals surface area (Å²) in [6.07, 6.45) is 3.54. The minimum Gasteiger partial charge on any atom is -0.341 e. The molecule has 0 saturated carbocycles. The van der Waals surface area contributed by atoms with Crippen molar-refractivity contribution >= 4 is 5.91 Å². The number of carbonyl (C=O) groups is 1. The number of amides is 1. The molecule has 2 aliphatic rings. The van der Waals surface area contributed by atoms with Crippen LogP contribution in [0.25, 0.3) is 0 Å². The van der Waals surface area contributed by atoms with Crippen molar-refractivity contribution in [2.24, 2.45) is 0 Å². The zero-order chi connectivity index (χ0) is 14.5. The number of carbonyl (C=O) groups excluding carboxylic acids is 1. The molecule has 2 unspecified atom stereocenters. The maximum absolute atomic E-state index is 12.5. The first-order valence-electron chi connectivity index (χ1n) is 7.80. The lowest BCUT2D eigenvalue weighted by Gasteiger charge is -2.40. The molecule has 0 aromatic carbocycles. The molecular formula is C15H26N4O. The molecule has 0 radical (unpaired) electrons. The van der Waals surface area contributed by atoms with E-state index in [-0.39, 0.29) is 18.0 Å². The lowest BCUT2D eigenvalue weighted by Crippen LogP contribution is -2.56. The van der Waals surface area contributed by atoms with Crippen molar-refractivity contribution in [1.82, 2.24) is 14.7 Å². The molecule has 2 fully saturated rings. The highest BCUT2D eigenvalue weighted by atomic mass is 16.2. The second-order valence-corrected chi connectivity index (χ2v) is 5.94. The molecule has 5 heteroatoms. The van der Waals surface area contributed by atoms with Gasteiger partial charge in [-0.25, -0.2) is 0 Å². The van der Waals surface area contributed by atoms with E-state index in [0.29, 0.717) is 0 Å². The zero-order valence-electron chi connectivity index (χ0n) is 12.7. The summed E-state index contributed by atoms with van der Waals surface area (Å²) in [6, 6.07) is 2.24. The molecule has 2 atom stereocenters. The highest BCUT2D eigenvalue weighted by Gasteiger charge is 2.30. The van der Waals surface area contributed by atoms with Crippen LogP contribution in [0, 0.1) is 11.3 Å². The normalized spacial score (nSPS) is 24.9. The van der Waals surface area contributed by atoms with Crippen LogP contribution in [0.2, 0.25) is 0 Å². The molecule has 1 amide bonds. The summed E-state index contributed by atoms with van der Waals surface area (Å²) in [5.41, 5.74) is 0. The Labute approximate surface area is 122 Å². The molecule has 5 nitrogen and oxygen atoms in total. The van der Waals surface area contributed by atoms with Gasteiger partial charge in [-0.2, -0.15) is 5.26 Å². The number of piperazine rings is 1. The molecule has 112 valence electrons. The minimum absolute atomic E-state index is 0.0207. The van der Waals surface area contributed by atoms with E-state index in [1.54, 1.807) is 0 Å². The van der Waals surface area contributed by atoms with Crippen LogP contribution >= 0.6 is 0 Å². The van der Waals surface area contributed by atoms with Crippen molar-refractivity contribution in [3.63, 3.8) is 0 Å². The van der Waals surface area contributed by atoms with Crippen LogP contribution in [0.5, 0.6) is 0 Å². The first-order valence-corrected chi connectivity index (χ1v) is 7.80. The van der Waals surface area contributed by atoms with Crippen LogP contribution in [-0.4, -0.2) is 72.0 Å². The maximum atomic E-state index is 12.5. The molecule has 2 saturated heterocycles. The second kappa shape index (κ2) is 7.05. The second-order valence-electron chi connectivity index (χ2n) is 5.94. The van der Waals surface area contributed by atoms with Crippen molar-refractivity contribution in [2.75, 3.05) is 39.3 Å². The SMILES string of the molecule is CC(C#N)N1CCN(C(C)C(=O)N2CCCCC2)CC1. The summed E-state index contributed by atoms with van der Waals surface area (Å²) in [7, 11) is 0. The van der Waals surface area contributed by atoms with Gasteiger partial charge in [-0.3, -0.25) is 14.6 Å². The van der Waals surface area contributed by atoms with E-state index >= 15 is 0 Å². The third-order valence-corrected chi connectivity index (χ3v) is 4.66. The predicted octanol–water partition coefficient (Wildman–Crippen LogP) is 0.917. The monoisotopic (exact) mass is 278 g/mol. The van der Waals surface area contributed by atoms with Gasteiger partial charge in [-0.15, -0.1) is 0 Å². The third kappa shape index (κ3) is 3.50. The van der Waals surface area contributed by atoms with Crippen LogP contribution in [0.15, 0.2) is 0 Å². The van der Waals surface area contributed by atoms with Gasteiger partial charge in [-0.05, 0) is 33.1 Å². The summed E-state index contributed by atoms with van der Waals surface area (Å²) < 4.78 is 0. The Balaban J connectivity index is 1.83. The molecule has 2 heterocycles. The summed E-state index contributed by atoms with van der Waals surface area (Å²) in [4.78, 5) is 19.0. The average molecular weight is 278 g/mol. The van der Waals surface area contributed by atoms with E-state index in [1.165, 1.54) is 6.42 Å². The maximum Gasteiger partial charge on any atom is 0.239 e. The first kappa shape index (κ1) is 15.3. The fourth-order valence-electron chi connectivity index (χ4n) is 3.13. The van der Waals surface area contributed by atoms with Crippen molar-refractivity contribution in [3.05, 3.63) is 0 Å². The number of hydrogen-bond donors (Lipinski definition) is 0.